The van der Waals surface area contributed by atoms with Crippen molar-refractivity contribution < 1.29 is 0 Å². The summed E-state index contributed by atoms with van der Waals surface area (Å²) in [4.78, 5) is 0. The average molecular weight is 201 g/mol. The summed E-state index contributed by atoms with van der Waals surface area (Å²) in [5.74, 6) is 0. The molecule has 0 aliphatic heterocycles. The van der Waals surface area contributed by atoms with Crippen LogP contribution in [0.25, 0.3) is 0 Å². The fourth-order valence-corrected chi connectivity index (χ4v) is 2.25. The highest BCUT2D eigenvalue weighted by atomic mass is 14.5. The molecule has 15 heavy (non-hydrogen) atoms. The maximum Gasteiger partial charge on any atom is 0.162 e. The van der Waals surface area contributed by atoms with E-state index in [1.165, 1.54) is 0 Å². The predicted octanol–water partition coefficient (Wildman–Crippen LogP) is 2.90. The molecule has 0 N–H and O–H groups in total. The minimum absolute atomic E-state index is 0.532. The van der Waals surface area contributed by atoms with Crippen molar-refractivity contribution in [3.8, 4) is 18.2 Å². The van der Waals surface area contributed by atoms with Gasteiger partial charge in [-0.3, -0.25) is 0 Å². The molecule has 1 atom stereocenters. The lowest BCUT2D eigenvalue weighted by atomic mass is 9.61. The molecule has 0 spiro atoms. The first-order valence-electron chi connectivity index (χ1n) is 5.38. The highest BCUT2D eigenvalue weighted by Crippen LogP contribution is 2.47. The first-order valence-corrected chi connectivity index (χ1v) is 5.38. The summed E-state index contributed by atoms with van der Waals surface area (Å²) in [7, 11) is 0. The fraction of sp³-hybridized carbons (Fsp3) is 0.750. The molecule has 1 fully saturated rings. The van der Waals surface area contributed by atoms with E-state index >= 15 is 0 Å². The first kappa shape index (κ1) is 11.5. The van der Waals surface area contributed by atoms with Crippen LogP contribution >= 0.6 is 0 Å². The van der Waals surface area contributed by atoms with Gasteiger partial charge in [-0.2, -0.15) is 15.8 Å². The minimum atomic E-state index is -1.11. The second-order valence-electron chi connectivity index (χ2n) is 4.49. The Hall–Kier alpha value is -1.53. The van der Waals surface area contributed by atoms with Crippen LogP contribution in [0.2, 0.25) is 0 Å². The van der Waals surface area contributed by atoms with Gasteiger partial charge in [-0.15, -0.1) is 0 Å². The SMILES string of the molecule is CC1(C#N)CCCCCCC1(C#N)C#N. The third-order valence-electron chi connectivity index (χ3n) is 3.55. The van der Waals surface area contributed by atoms with Gasteiger partial charge in [0.15, 0.2) is 5.41 Å². The van der Waals surface area contributed by atoms with Gasteiger partial charge in [-0.1, -0.05) is 25.7 Å². The van der Waals surface area contributed by atoms with E-state index in [0.29, 0.717) is 12.8 Å². The molecule has 1 unspecified atom stereocenters. The third-order valence-corrected chi connectivity index (χ3v) is 3.55. The van der Waals surface area contributed by atoms with Gasteiger partial charge in [0, 0.05) is 0 Å². The molecule has 78 valence electrons. The Bertz CT molecular complexity index is 339. The molecule has 0 aromatic rings. The summed E-state index contributed by atoms with van der Waals surface area (Å²) in [5, 5.41) is 27.6. The van der Waals surface area contributed by atoms with Crippen molar-refractivity contribution in [2.24, 2.45) is 10.8 Å². The zero-order chi connectivity index (χ0) is 11.4. The highest BCUT2D eigenvalue weighted by Gasteiger charge is 2.49. The maximum atomic E-state index is 9.21. The predicted molar refractivity (Wildman–Crippen MR) is 55.1 cm³/mol. The van der Waals surface area contributed by atoms with Crippen molar-refractivity contribution in [3.05, 3.63) is 0 Å². The standard InChI is InChI=1S/C12H15N3/c1-11(8-13)6-4-2-3-5-7-12(11,9-14)10-15/h2-7H2,1H3. The summed E-state index contributed by atoms with van der Waals surface area (Å²) in [6.07, 6.45) is 5.17. The number of hydrogen-bond donors (Lipinski definition) is 0. The van der Waals surface area contributed by atoms with E-state index in [2.05, 4.69) is 18.2 Å². The summed E-state index contributed by atoms with van der Waals surface area (Å²) in [6.45, 7) is 1.75. The molecular formula is C12H15N3. The lowest BCUT2D eigenvalue weighted by molar-refractivity contribution is 0.188. The molecular weight excluding hydrogens is 186 g/mol. The monoisotopic (exact) mass is 201 g/mol. The lowest BCUT2D eigenvalue weighted by Gasteiger charge is -2.35. The van der Waals surface area contributed by atoms with E-state index in [9.17, 15) is 15.8 Å². The normalized spacial score (nSPS) is 30.0. The lowest BCUT2D eigenvalue weighted by Crippen LogP contribution is -2.37. The van der Waals surface area contributed by atoms with Crippen LogP contribution in [0.5, 0.6) is 0 Å². The maximum absolute atomic E-state index is 9.21. The van der Waals surface area contributed by atoms with Crippen LogP contribution in [-0.2, 0) is 0 Å². The largest absolute Gasteiger partial charge is 0.198 e. The molecule has 0 aromatic carbocycles. The first-order chi connectivity index (χ1) is 7.14. The molecule has 0 saturated heterocycles. The van der Waals surface area contributed by atoms with Gasteiger partial charge in [0.2, 0.25) is 0 Å². The molecule has 0 radical (unpaired) electrons. The topological polar surface area (TPSA) is 71.4 Å². The summed E-state index contributed by atoms with van der Waals surface area (Å²) < 4.78 is 0. The minimum Gasteiger partial charge on any atom is -0.198 e. The Morgan fingerprint density at radius 3 is 1.80 bits per heavy atom. The number of hydrogen-bond acceptors (Lipinski definition) is 3. The number of rotatable bonds is 0. The van der Waals surface area contributed by atoms with Crippen LogP contribution in [0.3, 0.4) is 0 Å². The highest BCUT2D eigenvalue weighted by molar-refractivity contribution is 5.26. The van der Waals surface area contributed by atoms with Crippen molar-refractivity contribution in [2.45, 2.75) is 45.4 Å². The molecule has 0 heterocycles. The van der Waals surface area contributed by atoms with Gasteiger partial charge < -0.3 is 0 Å². The van der Waals surface area contributed by atoms with Crippen molar-refractivity contribution in [1.82, 2.24) is 0 Å². The van der Waals surface area contributed by atoms with Crippen LogP contribution in [0.15, 0.2) is 0 Å². The Kier molecular flexibility index (Phi) is 3.33. The van der Waals surface area contributed by atoms with Crippen LogP contribution in [-0.4, -0.2) is 0 Å². The van der Waals surface area contributed by atoms with Gasteiger partial charge in [0.25, 0.3) is 0 Å². The second-order valence-corrected chi connectivity index (χ2v) is 4.49. The zero-order valence-corrected chi connectivity index (χ0v) is 9.08. The quantitative estimate of drug-likeness (QED) is 0.605. The molecule has 3 heteroatoms. The Morgan fingerprint density at radius 2 is 1.33 bits per heavy atom. The van der Waals surface area contributed by atoms with Crippen LogP contribution < -0.4 is 0 Å². The molecule has 0 aromatic heterocycles. The van der Waals surface area contributed by atoms with E-state index in [1.807, 2.05) is 0 Å². The van der Waals surface area contributed by atoms with Gasteiger partial charge >= 0.3 is 0 Å². The van der Waals surface area contributed by atoms with Gasteiger partial charge in [-0.05, 0) is 19.8 Å². The molecule has 0 bridgehead atoms. The van der Waals surface area contributed by atoms with Crippen LogP contribution in [0, 0.1) is 44.8 Å². The second kappa shape index (κ2) is 4.33. The molecule has 0 amide bonds. The molecule has 1 aliphatic carbocycles. The van der Waals surface area contributed by atoms with Crippen LogP contribution in [0.1, 0.15) is 45.4 Å². The Morgan fingerprint density at radius 1 is 0.800 bits per heavy atom. The van der Waals surface area contributed by atoms with Gasteiger partial charge in [-0.25, -0.2) is 0 Å². The van der Waals surface area contributed by atoms with Gasteiger partial charge in [0.05, 0.1) is 23.6 Å². The average Bonchev–Trinajstić information content (AvgIpc) is 2.26. The fourth-order valence-electron chi connectivity index (χ4n) is 2.25. The summed E-state index contributed by atoms with van der Waals surface area (Å²) in [5.41, 5.74) is -1.92. The molecule has 3 nitrogen and oxygen atoms in total. The van der Waals surface area contributed by atoms with E-state index in [1.54, 1.807) is 6.92 Å². The van der Waals surface area contributed by atoms with E-state index in [-0.39, 0.29) is 0 Å². The van der Waals surface area contributed by atoms with Crippen molar-refractivity contribution in [2.75, 3.05) is 0 Å². The number of nitriles is 3. The molecule has 1 aliphatic rings. The van der Waals surface area contributed by atoms with Crippen LogP contribution in [0.4, 0.5) is 0 Å². The summed E-state index contributed by atoms with van der Waals surface area (Å²) in [6, 6.07) is 6.38. The third kappa shape index (κ3) is 1.81. The smallest absolute Gasteiger partial charge is 0.162 e. The van der Waals surface area contributed by atoms with Crippen molar-refractivity contribution in [3.63, 3.8) is 0 Å². The Balaban J connectivity index is 3.12. The van der Waals surface area contributed by atoms with Crippen molar-refractivity contribution >= 4 is 0 Å². The van der Waals surface area contributed by atoms with Gasteiger partial charge in [0.1, 0.15) is 0 Å². The molecule has 1 rings (SSSR count). The zero-order valence-electron chi connectivity index (χ0n) is 9.08. The van der Waals surface area contributed by atoms with E-state index in [4.69, 9.17) is 0 Å². The van der Waals surface area contributed by atoms with E-state index in [0.717, 1.165) is 25.7 Å². The number of nitrogens with zero attached hydrogens (tertiary/aromatic N) is 3. The van der Waals surface area contributed by atoms with Crippen molar-refractivity contribution in [1.29, 1.82) is 15.8 Å². The molecule has 1 saturated carbocycles. The Labute approximate surface area is 90.9 Å². The summed E-state index contributed by atoms with van der Waals surface area (Å²) >= 11 is 0. The van der Waals surface area contributed by atoms with E-state index < -0.39 is 10.8 Å².